The quantitative estimate of drug-likeness (QED) is 0.176. The number of rotatable bonds is 5. The Kier molecular flexibility index (Phi) is 5.86. The van der Waals surface area contributed by atoms with Crippen molar-refractivity contribution in [3.05, 3.63) is 78.5 Å². The minimum absolute atomic E-state index is 0.0429. The molecule has 0 saturated heterocycles. The van der Waals surface area contributed by atoms with E-state index in [0.29, 0.717) is 22.3 Å². The van der Waals surface area contributed by atoms with Gasteiger partial charge in [0.25, 0.3) is 10.1 Å². The van der Waals surface area contributed by atoms with E-state index < -0.39 is 10.1 Å². The fraction of sp³-hybridized carbons (Fsp3) is 0. The molecule has 33 heavy (non-hydrogen) atoms. The average molecular weight is 457 g/mol. The number of nitriles is 1. The van der Waals surface area contributed by atoms with E-state index in [1.807, 2.05) is 6.07 Å². The highest BCUT2D eigenvalue weighted by Gasteiger charge is 2.19. The summed E-state index contributed by atoms with van der Waals surface area (Å²) in [5.41, 5.74) is 2.56. The van der Waals surface area contributed by atoms with Crippen LogP contribution in [0.2, 0.25) is 0 Å². The Morgan fingerprint density at radius 3 is 2.39 bits per heavy atom. The van der Waals surface area contributed by atoms with E-state index in [0.717, 1.165) is 11.6 Å². The Morgan fingerprint density at radius 2 is 1.73 bits per heavy atom. The number of hydrogen-bond donors (Lipinski definition) is 2. The van der Waals surface area contributed by atoms with Crippen LogP contribution >= 0.6 is 0 Å². The van der Waals surface area contributed by atoms with E-state index in [9.17, 15) is 13.0 Å². The van der Waals surface area contributed by atoms with E-state index in [-0.39, 0.29) is 21.7 Å². The molecule has 0 atom stereocenters. The van der Waals surface area contributed by atoms with Crippen LogP contribution in [0.1, 0.15) is 5.56 Å². The van der Waals surface area contributed by atoms with Gasteiger partial charge in [-0.3, -0.25) is 9.54 Å². The van der Waals surface area contributed by atoms with Crippen molar-refractivity contribution in [2.75, 3.05) is 0 Å². The van der Waals surface area contributed by atoms with Crippen LogP contribution in [-0.4, -0.2) is 18.0 Å². The van der Waals surface area contributed by atoms with Crippen molar-refractivity contribution >= 4 is 38.0 Å². The van der Waals surface area contributed by atoms with Crippen molar-refractivity contribution in [2.24, 2.45) is 26.4 Å². The summed E-state index contributed by atoms with van der Waals surface area (Å²) in [6, 6.07) is 20.1. The van der Waals surface area contributed by atoms with Gasteiger partial charge < -0.3 is 5.84 Å². The molecule has 10 nitrogen and oxygen atoms in total. The smallest absolute Gasteiger partial charge is 0.295 e. The molecule has 0 aliphatic heterocycles. The highest BCUT2D eigenvalue weighted by Crippen LogP contribution is 2.40. The number of aromatic nitrogens is 1. The van der Waals surface area contributed by atoms with Gasteiger partial charge in [0.15, 0.2) is 0 Å². The number of azo groups is 1. The van der Waals surface area contributed by atoms with Crippen molar-refractivity contribution in [3.8, 4) is 17.3 Å². The second-order valence-electron chi connectivity index (χ2n) is 6.77. The Labute approximate surface area is 188 Å². The van der Waals surface area contributed by atoms with Gasteiger partial charge >= 0.3 is 0 Å². The van der Waals surface area contributed by atoms with Gasteiger partial charge in [0, 0.05) is 16.3 Å². The first-order valence-corrected chi connectivity index (χ1v) is 10.9. The highest BCUT2D eigenvalue weighted by molar-refractivity contribution is 7.86. The molecule has 0 aliphatic rings. The SMILES string of the molecule is N#Cc1cccc(-c2ccc(N=Nc3cc(S(=O)(=O)O)c4ccccc4c3N=NN)cn2)c1. The van der Waals surface area contributed by atoms with Gasteiger partial charge in [-0.05, 0) is 30.3 Å². The maximum atomic E-state index is 11.9. The fourth-order valence-corrected chi connectivity index (χ4v) is 3.96. The first-order valence-electron chi connectivity index (χ1n) is 9.43. The van der Waals surface area contributed by atoms with Crippen LogP contribution in [0.4, 0.5) is 17.1 Å². The molecule has 1 aromatic heterocycles. The number of pyridine rings is 1. The summed E-state index contributed by atoms with van der Waals surface area (Å²) in [4.78, 5) is 4.00. The number of nitrogens with two attached hydrogens (primary N) is 1. The Balaban J connectivity index is 1.76. The normalized spacial score (nSPS) is 11.9. The molecule has 0 unspecified atom stereocenters. The lowest BCUT2D eigenvalue weighted by Gasteiger charge is -2.08. The lowest BCUT2D eigenvalue weighted by atomic mass is 10.1. The highest BCUT2D eigenvalue weighted by atomic mass is 32.2. The first kappa shape index (κ1) is 21.7. The van der Waals surface area contributed by atoms with Gasteiger partial charge in [-0.1, -0.05) is 41.6 Å². The summed E-state index contributed by atoms with van der Waals surface area (Å²) in [6.45, 7) is 0. The van der Waals surface area contributed by atoms with E-state index in [2.05, 4.69) is 31.6 Å². The zero-order valence-electron chi connectivity index (χ0n) is 16.9. The van der Waals surface area contributed by atoms with Crippen LogP contribution in [-0.2, 0) is 10.1 Å². The Bertz CT molecular complexity index is 1560. The fourth-order valence-electron chi connectivity index (χ4n) is 3.24. The van der Waals surface area contributed by atoms with Crippen LogP contribution in [0.5, 0.6) is 0 Å². The van der Waals surface area contributed by atoms with Crippen molar-refractivity contribution in [2.45, 2.75) is 4.90 Å². The summed E-state index contributed by atoms with van der Waals surface area (Å²) in [5, 5.41) is 25.1. The summed E-state index contributed by atoms with van der Waals surface area (Å²) in [5.74, 6) is 5.23. The number of hydrogen-bond acceptors (Lipinski definition) is 8. The molecule has 0 spiro atoms. The molecule has 4 rings (SSSR count). The molecular weight excluding hydrogens is 442 g/mol. The third-order valence-corrected chi connectivity index (χ3v) is 5.60. The molecular formula is C22H15N7O3S. The van der Waals surface area contributed by atoms with Crippen molar-refractivity contribution in [1.29, 1.82) is 5.26 Å². The Morgan fingerprint density at radius 1 is 0.939 bits per heavy atom. The minimum atomic E-state index is -4.55. The summed E-state index contributed by atoms with van der Waals surface area (Å²) in [7, 11) is -4.55. The van der Waals surface area contributed by atoms with E-state index in [4.69, 9.17) is 11.1 Å². The van der Waals surface area contributed by atoms with Crippen LogP contribution in [0.15, 0.2) is 98.4 Å². The van der Waals surface area contributed by atoms with Crippen molar-refractivity contribution in [3.63, 3.8) is 0 Å². The second-order valence-corrected chi connectivity index (χ2v) is 8.16. The molecule has 0 radical (unpaired) electrons. The molecule has 0 saturated carbocycles. The Hall–Kier alpha value is -4.53. The van der Waals surface area contributed by atoms with Crippen LogP contribution < -0.4 is 5.84 Å². The monoisotopic (exact) mass is 457 g/mol. The maximum absolute atomic E-state index is 11.9. The minimum Gasteiger partial charge on any atom is -0.305 e. The van der Waals surface area contributed by atoms with E-state index in [1.54, 1.807) is 48.5 Å². The molecule has 0 bridgehead atoms. The predicted molar refractivity (Wildman–Crippen MR) is 121 cm³/mol. The first-order chi connectivity index (χ1) is 15.9. The largest absolute Gasteiger partial charge is 0.305 e. The van der Waals surface area contributed by atoms with Crippen LogP contribution in [0, 0.1) is 11.3 Å². The third kappa shape index (κ3) is 4.57. The van der Waals surface area contributed by atoms with Gasteiger partial charge in [0.2, 0.25) is 0 Å². The molecule has 4 aromatic rings. The zero-order chi connectivity index (χ0) is 23.4. The molecule has 3 N–H and O–H groups in total. The molecule has 3 aromatic carbocycles. The van der Waals surface area contributed by atoms with Crippen molar-refractivity contribution < 1.29 is 13.0 Å². The van der Waals surface area contributed by atoms with Gasteiger partial charge in [-0.15, -0.1) is 15.3 Å². The van der Waals surface area contributed by atoms with Gasteiger partial charge in [0.05, 0.1) is 23.5 Å². The molecule has 0 fully saturated rings. The van der Waals surface area contributed by atoms with E-state index in [1.165, 1.54) is 12.3 Å². The number of fused-ring (bicyclic) bond motifs is 1. The molecule has 162 valence electrons. The standard InChI is InChI=1S/C22H15N7O3S/c23-12-14-4-3-5-15(10-14)19-9-8-16(13-25-19)26-27-20-11-21(33(30,31)32)17-6-1-2-7-18(17)22(20)28-29-24/h1-11,13H,(H2,24,28)(H,30,31,32). The lowest BCUT2D eigenvalue weighted by molar-refractivity contribution is 0.484. The second kappa shape index (κ2) is 8.91. The van der Waals surface area contributed by atoms with Gasteiger partial charge in [-0.2, -0.15) is 13.7 Å². The summed E-state index contributed by atoms with van der Waals surface area (Å²) in [6.07, 6.45) is 1.48. The molecule has 0 aliphatic carbocycles. The maximum Gasteiger partial charge on any atom is 0.295 e. The lowest BCUT2D eigenvalue weighted by Crippen LogP contribution is -1.99. The predicted octanol–water partition coefficient (Wildman–Crippen LogP) is 5.39. The molecule has 1 heterocycles. The average Bonchev–Trinajstić information content (AvgIpc) is 2.83. The zero-order valence-corrected chi connectivity index (χ0v) is 17.7. The van der Waals surface area contributed by atoms with Gasteiger partial charge in [0.1, 0.15) is 22.0 Å². The van der Waals surface area contributed by atoms with E-state index >= 15 is 0 Å². The van der Waals surface area contributed by atoms with Gasteiger partial charge in [-0.25, -0.2) is 0 Å². The summed E-state index contributed by atoms with van der Waals surface area (Å²) >= 11 is 0. The van der Waals surface area contributed by atoms with Crippen LogP contribution in [0.25, 0.3) is 22.0 Å². The molecule has 0 amide bonds. The topological polar surface area (TPSA) is 167 Å². The van der Waals surface area contributed by atoms with Crippen molar-refractivity contribution in [1.82, 2.24) is 4.98 Å². The third-order valence-electron chi connectivity index (χ3n) is 4.70. The van der Waals surface area contributed by atoms with Crippen LogP contribution in [0.3, 0.4) is 0 Å². The summed E-state index contributed by atoms with van der Waals surface area (Å²) < 4.78 is 33.6. The number of benzene rings is 3. The molecule has 11 heteroatoms. The number of nitrogens with zero attached hydrogens (tertiary/aromatic N) is 6.